The second kappa shape index (κ2) is 9.33. The highest BCUT2D eigenvalue weighted by Gasteiger charge is 2.04. The van der Waals surface area contributed by atoms with Crippen LogP contribution >= 0.6 is 11.3 Å². The fourth-order valence-electron chi connectivity index (χ4n) is 1.32. The van der Waals surface area contributed by atoms with Crippen LogP contribution < -0.4 is 10.6 Å². The van der Waals surface area contributed by atoms with Crippen LogP contribution in [-0.2, 0) is 16.1 Å². The first-order valence-electron chi connectivity index (χ1n) is 6.37. The van der Waals surface area contributed by atoms with E-state index in [9.17, 15) is 4.79 Å². The third kappa shape index (κ3) is 6.53. The summed E-state index contributed by atoms with van der Waals surface area (Å²) < 4.78 is 4.99. The molecule has 0 aliphatic heterocycles. The lowest BCUT2D eigenvalue weighted by molar-refractivity contribution is -0.127. The summed E-state index contributed by atoms with van der Waals surface area (Å²) in [6.07, 6.45) is 0. The molecule has 0 saturated heterocycles. The van der Waals surface area contributed by atoms with Gasteiger partial charge in [-0.1, -0.05) is 6.07 Å². The van der Waals surface area contributed by atoms with Crippen molar-refractivity contribution in [1.29, 1.82) is 0 Å². The average molecular weight is 298 g/mol. The molecule has 1 aromatic rings. The Morgan fingerprint density at radius 2 is 2.25 bits per heavy atom. The van der Waals surface area contributed by atoms with Crippen molar-refractivity contribution < 1.29 is 9.53 Å². The van der Waals surface area contributed by atoms with Crippen molar-refractivity contribution in [2.45, 2.75) is 6.54 Å². The Morgan fingerprint density at radius 1 is 1.45 bits per heavy atom. The molecule has 0 saturated carbocycles. The number of ether oxygens (including phenoxy) is 1. The molecule has 0 bridgehead atoms. The van der Waals surface area contributed by atoms with E-state index in [1.165, 1.54) is 9.78 Å². The molecule has 0 radical (unpaired) electrons. The minimum Gasteiger partial charge on any atom is -0.383 e. The van der Waals surface area contributed by atoms with Crippen molar-refractivity contribution in [2.24, 2.45) is 4.99 Å². The zero-order chi connectivity index (χ0) is 14.8. The predicted molar refractivity (Wildman–Crippen MR) is 82.0 cm³/mol. The van der Waals surface area contributed by atoms with Crippen molar-refractivity contribution in [3.63, 3.8) is 0 Å². The van der Waals surface area contributed by atoms with E-state index in [1.807, 2.05) is 11.4 Å². The summed E-state index contributed by atoms with van der Waals surface area (Å²) in [5.74, 6) is 0.583. The molecule has 1 rings (SSSR count). The molecule has 20 heavy (non-hydrogen) atoms. The number of amides is 1. The van der Waals surface area contributed by atoms with Gasteiger partial charge < -0.3 is 20.3 Å². The highest BCUT2D eigenvalue weighted by Crippen LogP contribution is 2.07. The van der Waals surface area contributed by atoms with E-state index in [0.717, 1.165) is 0 Å². The number of aliphatic imine (C=N–C) groups is 1. The summed E-state index contributed by atoms with van der Waals surface area (Å²) in [7, 11) is 5.08. The van der Waals surface area contributed by atoms with E-state index in [-0.39, 0.29) is 12.5 Å². The van der Waals surface area contributed by atoms with Crippen LogP contribution in [0, 0.1) is 0 Å². The second-order valence-corrected chi connectivity index (χ2v) is 5.34. The number of hydrogen-bond acceptors (Lipinski definition) is 4. The van der Waals surface area contributed by atoms with Crippen LogP contribution in [0.4, 0.5) is 0 Å². The summed E-state index contributed by atoms with van der Waals surface area (Å²) in [6, 6.07) is 4.06. The molecule has 112 valence electrons. The summed E-state index contributed by atoms with van der Waals surface area (Å²) in [6.45, 7) is 2.04. The largest absolute Gasteiger partial charge is 0.383 e. The zero-order valence-electron chi connectivity index (χ0n) is 12.2. The van der Waals surface area contributed by atoms with Gasteiger partial charge in [-0.25, -0.2) is 4.99 Å². The fraction of sp³-hybridized carbons (Fsp3) is 0.538. The summed E-state index contributed by atoms with van der Waals surface area (Å²) in [5, 5.41) is 8.35. The van der Waals surface area contributed by atoms with E-state index in [0.29, 0.717) is 25.7 Å². The lowest BCUT2D eigenvalue weighted by Crippen LogP contribution is -2.39. The average Bonchev–Trinajstić information content (AvgIpc) is 2.94. The summed E-state index contributed by atoms with van der Waals surface area (Å²) >= 11 is 1.68. The van der Waals surface area contributed by atoms with Gasteiger partial charge in [0.05, 0.1) is 13.2 Å². The zero-order valence-corrected chi connectivity index (χ0v) is 13.0. The molecule has 6 nitrogen and oxygen atoms in total. The minimum absolute atomic E-state index is 0.0334. The maximum atomic E-state index is 11.6. The third-order valence-corrected chi connectivity index (χ3v) is 3.36. The maximum absolute atomic E-state index is 11.6. The molecule has 2 N–H and O–H groups in total. The molecule has 0 aliphatic carbocycles. The van der Waals surface area contributed by atoms with Crippen molar-refractivity contribution >= 4 is 23.2 Å². The normalized spacial score (nSPS) is 11.2. The number of rotatable bonds is 7. The van der Waals surface area contributed by atoms with Gasteiger partial charge in [0.2, 0.25) is 5.91 Å². The highest BCUT2D eigenvalue weighted by atomic mass is 32.1. The molecule has 1 amide bonds. The summed E-state index contributed by atoms with van der Waals surface area (Å²) in [5.41, 5.74) is 0. The number of likely N-dealkylation sites (N-methyl/N-ethyl adjacent to an activating group) is 1. The first-order valence-corrected chi connectivity index (χ1v) is 7.25. The molecule has 0 spiro atoms. The molecule has 0 aliphatic rings. The van der Waals surface area contributed by atoms with Crippen molar-refractivity contribution in [3.8, 4) is 0 Å². The Labute approximate surface area is 123 Å². The number of nitrogens with one attached hydrogen (secondary N) is 2. The Bertz CT molecular complexity index is 418. The van der Waals surface area contributed by atoms with Crippen LogP contribution in [-0.4, -0.2) is 57.7 Å². The van der Waals surface area contributed by atoms with Gasteiger partial charge in [0.25, 0.3) is 0 Å². The number of thiophene rings is 1. The standard InChI is InChI=1S/C13H22N4O2S/c1-17(2)12(18)10-16-13(14-6-7-19-3)15-9-11-5-4-8-20-11/h4-5,8H,6-7,9-10H2,1-3H3,(H2,14,15,16). The number of methoxy groups -OCH3 is 1. The van der Waals surface area contributed by atoms with Crippen molar-refractivity contribution in [3.05, 3.63) is 22.4 Å². The van der Waals surface area contributed by atoms with Crippen LogP contribution in [0.1, 0.15) is 4.88 Å². The maximum Gasteiger partial charge on any atom is 0.243 e. The van der Waals surface area contributed by atoms with E-state index in [2.05, 4.69) is 21.7 Å². The van der Waals surface area contributed by atoms with Crippen LogP contribution in [0.25, 0.3) is 0 Å². The molecular formula is C13H22N4O2S. The van der Waals surface area contributed by atoms with E-state index in [1.54, 1.807) is 32.5 Å². The van der Waals surface area contributed by atoms with Crippen LogP contribution in [0.3, 0.4) is 0 Å². The molecule has 1 heterocycles. The molecule has 7 heteroatoms. The van der Waals surface area contributed by atoms with Gasteiger partial charge in [-0.05, 0) is 11.4 Å². The van der Waals surface area contributed by atoms with E-state index in [4.69, 9.17) is 4.74 Å². The number of carbonyl (C=O) groups is 1. The Balaban J connectivity index is 2.49. The van der Waals surface area contributed by atoms with Gasteiger partial charge in [-0.2, -0.15) is 0 Å². The SMILES string of the molecule is COCCNC(=NCC(=O)N(C)C)NCc1cccs1. The smallest absolute Gasteiger partial charge is 0.243 e. The molecule has 0 unspecified atom stereocenters. The lowest BCUT2D eigenvalue weighted by atomic mass is 10.4. The first kappa shape index (κ1) is 16.5. The number of nitrogens with zero attached hydrogens (tertiary/aromatic N) is 2. The fourth-order valence-corrected chi connectivity index (χ4v) is 1.96. The molecule has 0 atom stereocenters. The van der Waals surface area contributed by atoms with Gasteiger partial charge in [0.1, 0.15) is 6.54 Å². The van der Waals surface area contributed by atoms with E-state index < -0.39 is 0 Å². The first-order chi connectivity index (χ1) is 9.63. The highest BCUT2D eigenvalue weighted by molar-refractivity contribution is 7.09. The topological polar surface area (TPSA) is 66.0 Å². The Morgan fingerprint density at radius 3 is 2.85 bits per heavy atom. The monoisotopic (exact) mass is 298 g/mol. The van der Waals surface area contributed by atoms with Crippen LogP contribution in [0.15, 0.2) is 22.5 Å². The predicted octanol–water partition coefficient (Wildman–Crippen LogP) is 0.518. The van der Waals surface area contributed by atoms with E-state index >= 15 is 0 Å². The lowest BCUT2D eigenvalue weighted by Gasteiger charge is -2.13. The van der Waals surface area contributed by atoms with Crippen LogP contribution in [0.5, 0.6) is 0 Å². The molecular weight excluding hydrogens is 276 g/mol. The quantitative estimate of drug-likeness (QED) is 0.437. The summed E-state index contributed by atoms with van der Waals surface area (Å²) in [4.78, 5) is 18.6. The Kier molecular flexibility index (Phi) is 7.67. The van der Waals surface area contributed by atoms with Crippen molar-refractivity contribution in [2.75, 3.05) is 40.9 Å². The van der Waals surface area contributed by atoms with Gasteiger partial charge in [0, 0.05) is 32.6 Å². The van der Waals surface area contributed by atoms with Gasteiger partial charge >= 0.3 is 0 Å². The van der Waals surface area contributed by atoms with Gasteiger partial charge in [0.15, 0.2) is 5.96 Å². The van der Waals surface area contributed by atoms with Crippen molar-refractivity contribution in [1.82, 2.24) is 15.5 Å². The van der Waals surface area contributed by atoms with Gasteiger partial charge in [-0.15, -0.1) is 11.3 Å². The number of guanidine groups is 1. The Hall–Kier alpha value is -1.60. The van der Waals surface area contributed by atoms with Gasteiger partial charge in [-0.3, -0.25) is 4.79 Å². The number of carbonyl (C=O) groups excluding carboxylic acids is 1. The molecule has 0 aromatic carbocycles. The minimum atomic E-state index is -0.0334. The molecule has 1 aromatic heterocycles. The third-order valence-electron chi connectivity index (χ3n) is 2.48. The van der Waals surface area contributed by atoms with Crippen LogP contribution in [0.2, 0.25) is 0 Å². The second-order valence-electron chi connectivity index (χ2n) is 4.31. The number of hydrogen-bond donors (Lipinski definition) is 2. The molecule has 0 fully saturated rings.